The van der Waals surface area contributed by atoms with Crippen molar-refractivity contribution in [2.24, 2.45) is 0 Å². The number of hydrogen-bond donors (Lipinski definition) is 0. The quantitative estimate of drug-likeness (QED) is 0.354. The Labute approximate surface area is 213 Å². The van der Waals surface area contributed by atoms with Gasteiger partial charge in [-0.05, 0) is 61.2 Å². The summed E-state index contributed by atoms with van der Waals surface area (Å²) < 4.78 is 27.1. The first-order valence-electron chi connectivity index (χ1n) is 11.9. The highest BCUT2D eigenvalue weighted by molar-refractivity contribution is 7.17. The molecule has 2 aliphatic rings. The fourth-order valence-electron chi connectivity index (χ4n) is 5.37. The van der Waals surface area contributed by atoms with Crippen molar-refractivity contribution in [1.29, 1.82) is 0 Å². The third-order valence-electron chi connectivity index (χ3n) is 6.95. The summed E-state index contributed by atoms with van der Waals surface area (Å²) in [5.41, 5.74) is 2.26. The van der Waals surface area contributed by atoms with Gasteiger partial charge < -0.3 is 9.80 Å². The molecule has 1 saturated heterocycles. The second kappa shape index (κ2) is 9.82. The van der Waals surface area contributed by atoms with Gasteiger partial charge in [-0.15, -0.1) is 17.9 Å². The van der Waals surface area contributed by atoms with Gasteiger partial charge in [0.25, 0.3) is 11.8 Å². The lowest BCUT2D eigenvalue weighted by atomic mass is 9.88. The van der Waals surface area contributed by atoms with Crippen LogP contribution in [0, 0.1) is 11.6 Å². The number of hydrogen-bond acceptors (Lipinski definition) is 3. The van der Waals surface area contributed by atoms with E-state index >= 15 is 0 Å². The topological polar surface area (TPSA) is 40.6 Å². The second-order valence-corrected chi connectivity index (χ2v) is 10.2. The van der Waals surface area contributed by atoms with Gasteiger partial charge in [-0.3, -0.25) is 9.59 Å². The summed E-state index contributed by atoms with van der Waals surface area (Å²) in [7, 11) is 0. The molecule has 3 atom stereocenters. The molecular weight excluding hydrogens is 478 g/mol. The second-order valence-electron chi connectivity index (χ2n) is 9.07. The summed E-state index contributed by atoms with van der Waals surface area (Å²) in [6, 6.07) is 14.6. The molecule has 2 aromatic carbocycles. The van der Waals surface area contributed by atoms with Crippen molar-refractivity contribution in [3.8, 4) is 10.4 Å². The molecule has 0 bridgehead atoms. The first kappa shape index (κ1) is 24.1. The first-order valence-corrected chi connectivity index (χ1v) is 12.8. The Morgan fingerprint density at radius 1 is 1.14 bits per heavy atom. The van der Waals surface area contributed by atoms with Gasteiger partial charge in [-0.25, -0.2) is 8.78 Å². The molecule has 7 heteroatoms. The first-order chi connectivity index (χ1) is 17.4. The van der Waals surface area contributed by atoms with Gasteiger partial charge in [0.05, 0.1) is 17.0 Å². The molecule has 3 aromatic rings. The lowest BCUT2D eigenvalue weighted by Gasteiger charge is -2.44. The van der Waals surface area contributed by atoms with Crippen molar-refractivity contribution < 1.29 is 18.4 Å². The smallest absolute Gasteiger partial charge is 0.264 e. The Balaban J connectivity index is 1.45. The van der Waals surface area contributed by atoms with Gasteiger partial charge in [-0.2, -0.15) is 0 Å². The molecule has 4 nitrogen and oxygen atoms in total. The molecule has 1 unspecified atom stereocenters. The molecule has 5 rings (SSSR count). The van der Waals surface area contributed by atoms with Crippen LogP contribution in [0.25, 0.3) is 10.4 Å². The van der Waals surface area contributed by atoms with Gasteiger partial charge in [0.2, 0.25) is 0 Å². The molecule has 0 aliphatic carbocycles. The van der Waals surface area contributed by atoms with E-state index in [-0.39, 0.29) is 29.9 Å². The van der Waals surface area contributed by atoms with E-state index in [0.717, 1.165) is 23.3 Å². The fourth-order valence-corrected chi connectivity index (χ4v) is 6.32. The number of halogens is 2. The summed E-state index contributed by atoms with van der Waals surface area (Å²) in [5.74, 6) is -1.93. The van der Waals surface area contributed by atoms with Crippen LogP contribution in [0.5, 0.6) is 0 Å². The van der Waals surface area contributed by atoms with Crippen LogP contribution in [0.2, 0.25) is 0 Å². The van der Waals surface area contributed by atoms with Crippen LogP contribution < -0.4 is 0 Å². The predicted octanol–water partition coefficient (Wildman–Crippen LogP) is 6.63. The molecule has 184 valence electrons. The van der Waals surface area contributed by atoms with E-state index < -0.39 is 11.6 Å². The van der Waals surface area contributed by atoms with Crippen LogP contribution in [0.1, 0.15) is 51.4 Å². The molecule has 2 aliphatic heterocycles. The predicted molar refractivity (Wildman–Crippen MR) is 138 cm³/mol. The highest BCUT2D eigenvalue weighted by Gasteiger charge is 2.46. The number of piperidine rings is 1. The van der Waals surface area contributed by atoms with Crippen LogP contribution in [0.3, 0.4) is 0 Å². The standard InChI is InChI=1S/C29H26F2N2O2S/c1-3-7-19-16-20(17-25-21-8-5-6-9-22(21)28(34)33(19)25)32(14-4-2)29(35)27-13-12-26(36-27)18-10-11-23(30)24(31)15-18/h3-13,15,19-20,25H,2,14,16-17H2,1H3/b7-3+/t19-,20?,25+/m1/s1. The number of fused-ring (bicyclic) bond motifs is 3. The van der Waals surface area contributed by atoms with E-state index in [9.17, 15) is 18.4 Å². The van der Waals surface area contributed by atoms with Gasteiger partial charge in [0.15, 0.2) is 11.6 Å². The summed E-state index contributed by atoms with van der Waals surface area (Å²) in [4.78, 5) is 31.9. The van der Waals surface area contributed by atoms with Crippen LogP contribution in [0.15, 0.2) is 79.4 Å². The molecule has 36 heavy (non-hydrogen) atoms. The highest BCUT2D eigenvalue weighted by atomic mass is 32.1. The third kappa shape index (κ3) is 4.17. The minimum Gasteiger partial charge on any atom is -0.331 e. The van der Waals surface area contributed by atoms with E-state index in [2.05, 4.69) is 6.58 Å². The third-order valence-corrected chi connectivity index (χ3v) is 8.07. The van der Waals surface area contributed by atoms with Crippen molar-refractivity contribution in [2.45, 2.75) is 37.9 Å². The number of benzene rings is 2. The molecule has 0 radical (unpaired) electrons. The fraction of sp³-hybridized carbons (Fsp3) is 0.241. The Morgan fingerprint density at radius 2 is 1.94 bits per heavy atom. The monoisotopic (exact) mass is 504 g/mol. The number of nitrogens with zero attached hydrogens (tertiary/aromatic N) is 2. The van der Waals surface area contributed by atoms with Crippen molar-refractivity contribution >= 4 is 23.2 Å². The Morgan fingerprint density at radius 3 is 2.69 bits per heavy atom. The number of allylic oxidation sites excluding steroid dienone is 1. The maximum Gasteiger partial charge on any atom is 0.264 e. The molecule has 0 N–H and O–H groups in total. The summed E-state index contributed by atoms with van der Waals surface area (Å²) >= 11 is 1.25. The van der Waals surface area contributed by atoms with Crippen molar-refractivity contribution in [3.63, 3.8) is 0 Å². The zero-order chi connectivity index (χ0) is 25.4. The normalized spacial score (nSPS) is 20.9. The van der Waals surface area contributed by atoms with E-state index in [4.69, 9.17) is 0 Å². The van der Waals surface area contributed by atoms with Crippen LogP contribution >= 0.6 is 11.3 Å². The Kier molecular flexibility index (Phi) is 6.58. The molecule has 1 fully saturated rings. The largest absolute Gasteiger partial charge is 0.331 e. The van der Waals surface area contributed by atoms with Gasteiger partial charge in [0.1, 0.15) is 0 Å². The Hall–Kier alpha value is -3.58. The lowest BCUT2D eigenvalue weighted by Crippen LogP contribution is -2.51. The average molecular weight is 505 g/mol. The van der Waals surface area contributed by atoms with Gasteiger partial charge in [-0.1, -0.05) is 42.5 Å². The van der Waals surface area contributed by atoms with Gasteiger partial charge >= 0.3 is 0 Å². The molecule has 0 spiro atoms. The average Bonchev–Trinajstić information content (AvgIpc) is 3.48. The molecular formula is C29H26F2N2O2S. The maximum absolute atomic E-state index is 13.8. The number of carbonyl (C=O) groups is 2. The van der Waals surface area contributed by atoms with E-state index in [1.54, 1.807) is 18.2 Å². The molecule has 1 aromatic heterocycles. The SMILES string of the molecule is C=CCN(C(=O)c1ccc(-c2ccc(F)c(F)c2)s1)C1C[C@@H](/C=C/C)N2C(=O)c3ccccc3[C@@H]2C1. The minimum absolute atomic E-state index is 0.0353. The van der Waals surface area contributed by atoms with Gasteiger partial charge in [0, 0.05) is 23.0 Å². The van der Waals surface area contributed by atoms with Crippen LogP contribution in [-0.2, 0) is 0 Å². The summed E-state index contributed by atoms with van der Waals surface area (Å²) in [6.07, 6.45) is 6.96. The van der Waals surface area contributed by atoms with Crippen molar-refractivity contribution in [1.82, 2.24) is 9.80 Å². The molecule has 2 amide bonds. The van der Waals surface area contributed by atoms with Crippen molar-refractivity contribution in [3.05, 3.63) is 107 Å². The lowest BCUT2D eigenvalue weighted by molar-refractivity contribution is 0.0350. The number of amides is 2. The number of rotatable bonds is 6. The minimum atomic E-state index is -0.921. The molecule has 3 heterocycles. The highest BCUT2D eigenvalue weighted by Crippen LogP contribution is 2.44. The van der Waals surface area contributed by atoms with Crippen molar-refractivity contribution in [2.75, 3.05) is 6.54 Å². The van der Waals surface area contributed by atoms with Crippen LogP contribution in [0.4, 0.5) is 8.78 Å². The van der Waals surface area contributed by atoms with E-state index in [1.807, 2.05) is 53.1 Å². The zero-order valence-electron chi connectivity index (χ0n) is 19.9. The number of thiophene rings is 1. The summed E-state index contributed by atoms with van der Waals surface area (Å²) in [5, 5.41) is 0. The molecule has 0 saturated carbocycles. The summed E-state index contributed by atoms with van der Waals surface area (Å²) in [6.45, 7) is 6.17. The van der Waals surface area contributed by atoms with E-state index in [1.165, 1.54) is 17.4 Å². The maximum atomic E-state index is 13.8. The van der Waals surface area contributed by atoms with Crippen LogP contribution in [-0.4, -0.2) is 40.2 Å². The Bertz CT molecular complexity index is 1360. The van der Waals surface area contributed by atoms with E-state index in [0.29, 0.717) is 34.7 Å². The number of carbonyl (C=O) groups excluding carboxylic acids is 2. The zero-order valence-corrected chi connectivity index (χ0v) is 20.7.